The quantitative estimate of drug-likeness (QED) is 0.378. The van der Waals surface area contributed by atoms with Gasteiger partial charge in [-0.15, -0.1) is 0 Å². The summed E-state index contributed by atoms with van der Waals surface area (Å²) in [7, 11) is 0. The van der Waals surface area contributed by atoms with Crippen molar-refractivity contribution in [1.82, 2.24) is 0 Å². The predicted molar refractivity (Wildman–Crippen MR) is 132 cm³/mol. The molecule has 5 rings (SSSR count). The highest BCUT2D eigenvalue weighted by atomic mass is 16.4. The minimum absolute atomic E-state index is 0.107. The van der Waals surface area contributed by atoms with Crippen molar-refractivity contribution in [1.29, 1.82) is 0 Å². The maximum atomic E-state index is 12.2. The maximum Gasteiger partial charge on any atom is 0.306 e. The lowest BCUT2D eigenvalue weighted by Crippen LogP contribution is -2.68. The van der Waals surface area contributed by atoms with E-state index in [1.807, 2.05) is 6.92 Å². The molecular weight excluding hydrogens is 444 g/mol. The van der Waals surface area contributed by atoms with Crippen molar-refractivity contribution in [3.05, 3.63) is 11.6 Å². The van der Waals surface area contributed by atoms with Gasteiger partial charge in [0.15, 0.2) is 0 Å². The van der Waals surface area contributed by atoms with Gasteiger partial charge in [0.1, 0.15) is 0 Å². The summed E-state index contributed by atoms with van der Waals surface area (Å²) < 4.78 is 0. The number of aliphatic hydroxyl groups excluding tert-OH is 4. The van der Waals surface area contributed by atoms with E-state index >= 15 is 0 Å². The first-order valence-corrected chi connectivity index (χ1v) is 13.9. The SMILES string of the molecule is CC1CC(C(=O)O)C2CCC3(C)C(=CCC4C3CC(O)C3C(C)(CO)C(O)C(O)CC43C)C2C1C. The smallest absolute Gasteiger partial charge is 0.306 e. The zero-order chi connectivity index (χ0) is 25.7. The number of aliphatic carboxylic acids is 1. The molecule has 35 heavy (non-hydrogen) atoms. The first kappa shape index (κ1) is 25.7. The Morgan fingerprint density at radius 1 is 1.06 bits per heavy atom. The van der Waals surface area contributed by atoms with Crippen molar-refractivity contribution >= 4 is 5.97 Å². The van der Waals surface area contributed by atoms with Crippen LogP contribution in [0.1, 0.15) is 73.1 Å². The van der Waals surface area contributed by atoms with Crippen LogP contribution in [0.5, 0.6) is 0 Å². The molecule has 0 aliphatic heterocycles. The predicted octanol–water partition coefficient (Wildman–Crippen LogP) is 3.47. The first-order valence-electron chi connectivity index (χ1n) is 13.9. The Balaban J connectivity index is 1.57. The zero-order valence-electron chi connectivity index (χ0n) is 22.0. The molecular formula is C29H46O6. The van der Waals surface area contributed by atoms with Gasteiger partial charge < -0.3 is 25.5 Å². The molecule has 0 amide bonds. The fraction of sp³-hybridized carbons (Fsp3) is 0.897. The van der Waals surface area contributed by atoms with Crippen LogP contribution in [-0.4, -0.2) is 56.4 Å². The fourth-order valence-corrected chi connectivity index (χ4v) is 10.7. The maximum absolute atomic E-state index is 12.2. The third-order valence-corrected chi connectivity index (χ3v) is 12.5. The summed E-state index contributed by atoms with van der Waals surface area (Å²) in [6.07, 6.45) is 4.26. The minimum atomic E-state index is -1.06. The van der Waals surface area contributed by atoms with Crippen LogP contribution in [0.3, 0.4) is 0 Å². The third kappa shape index (κ3) is 3.31. The molecule has 0 aromatic carbocycles. The van der Waals surface area contributed by atoms with Gasteiger partial charge in [0, 0.05) is 11.3 Å². The average molecular weight is 491 g/mol. The molecule has 4 fully saturated rings. The summed E-state index contributed by atoms with van der Waals surface area (Å²) in [4.78, 5) is 12.2. The Morgan fingerprint density at radius 3 is 2.37 bits per heavy atom. The number of aliphatic hydroxyl groups is 4. The number of hydrogen-bond acceptors (Lipinski definition) is 5. The molecule has 5 aliphatic carbocycles. The Hall–Kier alpha value is -0.950. The topological polar surface area (TPSA) is 118 Å². The molecule has 0 heterocycles. The summed E-state index contributed by atoms with van der Waals surface area (Å²) in [5.41, 5.74) is -0.0447. The van der Waals surface area contributed by atoms with Crippen LogP contribution in [0, 0.1) is 63.6 Å². The van der Waals surface area contributed by atoms with Crippen LogP contribution in [0.15, 0.2) is 11.6 Å². The van der Waals surface area contributed by atoms with Gasteiger partial charge in [0.2, 0.25) is 0 Å². The lowest BCUT2D eigenvalue weighted by Gasteiger charge is -2.68. The van der Waals surface area contributed by atoms with Gasteiger partial charge in [-0.05, 0) is 84.9 Å². The standard InChI is InChI=1S/C29H46O6/c1-14-10-17(26(34)35)16-8-9-27(3)19(23(16)15(14)2)7-6-18-20(27)11-21(31)24-28(18,4)12-22(32)25(33)29(24,5)13-30/h7,14-18,20-25,30-33H,6,8-13H2,1-5H3,(H,34,35). The molecule has 4 saturated carbocycles. The van der Waals surface area contributed by atoms with Gasteiger partial charge in [0.05, 0.1) is 30.8 Å². The van der Waals surface area contributed by atoms with E-state index in [4.69, 9.17) is 0 Å². The molecule has 0 aromatic rings. The Bertz CT molecular complexity index is 902. The van der Waals surface area contributed by atoms with E-state index < -0.39 is 35.1 Å². The van der Waals surface area contributed by atoms with Crippen molar-refractivity contribution in [2.24, 2.45) is 63.6 Å². The number of hydrogen-bond donors (Lipinski definition) is 5. The number of rotatable bonds is 2. The zero-order valence-corrected chi connectivity index (χ0v) is 22.0. The van der Waals surface area contributed by atoms with E-state index in [-0.39, 0.29) is 47.5 Å². The molecule has 0 aromatic heterocycles. The van der Waals surface area contributed by atoms with E-state index in [1.54, 1.807) is 0 Å². The second kappa shape index (κ2) is 8.28. The third-order valence-electron chi connectivity index (χ3n) is 12.5. The highest BCUT2D eigenvalue weighted by molar-refractivity contribution is 5.71. The van der Waals surface area contributed by atoms with E-state index in [9.17, 15) is 30.3 Å². The lowest BCUT2D eigenvalue weighted by atomic mass is 9.37. The molecule has 14 atom stereocenters. The van der Waals surface area contributed by atoms with Crippen LogP contribution in [0.4, 0.5) is 0 Å². The van der Waals surface area contributed by atoms with Gasteiger partial charge in [0.25, 0.3) is 0 Å². The van der Waals surface area contributed by atoms with Crippen molar-refractivity contribution in [3.63, 3.8) is 0 Å². The highest BCUT2D eigenvalue weighted by Crippen LogP contribution is 2.70. The number of carboxylic acid groups (broad SMARTS) is 1. The Morgan fingerprint density at radius 2 is 1.74 bits per heavy atom. The molecule has 0 saturated heterocycles. The summed E-state index contributed by atoms with van der Waals surface area (Å²) in [6, 6.07) is 0. The van der Waals surface area contributed by atoms with Crippen LogP contribution in [-0.2, 0) is 4.79 Å². The molecule has 0 radical (unpaired) electrons. The molecule has 5 N–H and O–H groups in total. The average Bonchev–Trinajstić information content (AvgIpc) is 2.79. The Kier molecular flexibility index (Phi) is 6.07. The molecule has 14 unspecified atom stereocenters. The molecule has 5 aliphatic rings. The van der Waals surface area contributed by atoms with Crippen LogP contribution in [0.25, 0.3) is 0 Å². The number of allylic oxidation sites excluding steroid dienone is 2. The van der Waals surface area contributed by atoms with Gasteiger partial charge in [-0.25, -0.2) is 0 Å². The van der Waals surface area contributed by atoms with Crippen LogP contribution in [0.2, 0.25) is 0 Å². The molecule has 6 nitrogen and oxygen atoms in total. The normalized spacial score (nSPS) is 57.7. The first-order chi connectivity index (χ1) is 16.3. The van der Waals surface area contributed by atoms with Crippen molar-refractivity contribution in [2.45, 2.75) is 91.5 Å². The van der Waals surface area contributed by atoms with E-state index in [1.165, 1.54) is 5.57 Å². The fourth-order valence-electron chi connectivity index (χ4n) is 10.7. The number of carbonyl (C=O) groups is 1. The van der Waals surface area contributed by atoms with Crippen molar-refractivity contribution in [2.75, 3.05) is 6.61 Å². The number of fused-ring (bicyclic) bond motifs is 7. The van der Waals surface area contributed by atoms with Gasteiger partial charge >= 0.3 is 5.97 Å². The Labute approximate surface area is 209 Å². The van der Waals surface area contributed by atoms with E-state index in [2.05, 4.69) is 33.8 Å². The molecule has 198 valence electrons. The number of carboxylic acids is 1. The van der Waals surface area contributed by atoms with Crippen molar-refractivity contribution < 1.29 is 30.3 Å². The van der Waals surface area contributed by atoms with Gasteiger partial charge in [-0.3, -0.25) is 4.79 Å². The molecule has 6 heteroatoms. The van der Waals surface area contributed by atoms with Crippen LogP contribution >= 0.6 is 0 Å². The van der Waals surface area contributed by atoms with Crippen molar-refractivity contribution in [3.8, 4) is 0 Å². The highest BCUT2D eigenvalue weighted by Gasteiger charge is 2.67. The van der Waals surface area contributed by atoms with Gasteiger partial charge in [-0.2, -0.15) is 0 Å². The summed E-state index contributed by atoms with van der Waals surface area (Å²) in [5.74, 6) is 0.473. The summed E-state index contributed by atoms with van der Waals surface area (Å²) in [5, 5.41) is 53.8. The summed E-state index contributed by atoms with van der Waals surface area (Å²) in [6.45, 7) is 10.6. The van der Waals surface area contributed by atoms with Crippen LogP contribution < -0.4 is 0 Å². The van der Waals surface area contributed by atoms with E-state index in [0.717, 1.165) is 25.7 Å². The monoisotopic (exact) mass is 490 g/mol. The lowest BCUT2D eigenvalue weighted by molar-refractivity contribution is -0.253. The summed E-state index contributed by atoms with van der Waals surface area (Å²) >= 11 is 0. The minimum Gasteiger partial charge on any atom is -0.481 e. The second-order valence-electron chi connectivity index (χ2n) is 13.9. The second-order valence-corrected chi connectivity index (χ2v) is 13.9. The molecule has 0 spiro atoms. The molecule has 0 bridgehead atoms. The largest absolute Gasteiger partial charge is 0.481 e. The van der Waals surface area contributed by atoms with E-state index in [0.29, 0.717) is 24.7 Å². The van der Waals surface area contributed by atoms with Gasteiger partial charge in [-0.1, -0.05) is 46.3 Å².